The Hall–Kier alpha value is -1.07. The molecule has 0 fully saturated rings. The maximum Gasteiger partial charge on any atom is 0.254 e. The summed E-state index contributed by atoms with van der Waals surface area (Å²) in [6.45, 7) is 3.53. The Morgan fingerprint density at radius 3 is 2.44 bits per heavy atom. The van der Waals surface area contributed by atoms with Gasteiger partial charge in [-0.2, -0.15) is 0 Å². The SMILES string of the molecule is CC(C)N(CC(N)=O)C(=O)c1cc(Cl)cc(Br)c1. The van der Waals surface area contributed by atoms with Gasteiger partial charge in [-0.3, -0.25) is 9.59 Å². The molecule has 0 heterocycles. The third-order valence-electron chi connectivity index (χ3n) is 2.32. The Bertz CT molecular complexity index is 457. The molecule has 0 unspecified atom stereocenters. The summed E-state index contributed by atoms with van der Waals surface area (Å²) in [5, 5.41) is 0.454. The lowest BCUT2D eigenvalue weighted by molar-refractivity contribution is -0.119. The van der Waals surface area contributed by atoms with E-state index in [4.69, 9.17) is 17.3 Å². The number of nitrogens with zero attached hydrogens (tertiary/aromatic N) is 1. The normalized spacial score (nSPS) is 10.5. The Morgan fingerprint density at radius 1 is 1.39 bits per heavy atom. The molecule has 0 aliphatic heterocycles. The lowest BCUT2D eigenvalue weighted by atomic mass is 10.1. The first-order valence-electron chi connectivity index (χ1n) is 5.36. The zero-order valence-electron chi connectivity index (χ0n) is 10.1. The lowest BCUT2D eigenvalue weighted by Crippen LogP contribution is -2.42. The van der Waals surface area contributed by atoms with Crippen molar-refractivity contribution in [2.45, 2.75) is 19.9 Å². The van der Waals surface area contributed by atoms with E-state index in [-0.39, 0.29) is 18.5 Å². The van der Waals surface area contributed by atoms with Crippen LogP contribution in [0.4, 0.5) is 0 Å². The zero-order valence-corrected chi connectivity index (χ0v) is 12.5. The molecule has 0 bridgehead atoms. The van der Waals surface area contributed by atoms with Gasteiger partial charge in [0.25, 0.3) is 5.91 Å². The first kappa shape index (κ1) is 15.0. The lowest BCUT2D eigenvalue weighted by Gasteiger charge is -2.25. The molecule has 0 aromatic heterocycles. The minimum atomic E-state index is -0.543. The fourth-order valence-corrected chi connectivity index (χ4v) is 2.36. The van der Waals surface area contributed by atoms with Crippen molar-refractivity contribution in [1.82, 2.24) is 4.90 Å². The van der Waals surface area contributed by atoms with E-state index in [1.54, 1.807) is 18.2 Å². The van der Waals surface area contributed by atoms with Gasteiger partial charge in [0.05, 0.1) is 6.54 Å². The molecule has 0 saturated heterocycles. The van der Waals surface area contributed by atoms with Crippen molar-refractivity contribution in [2.75, 3.05) is 6.54 Å². The van der Waals surface area contributed by atoms with Gasteiger partial charge in [-0.15, -0.1) is 0 Å². The van der Waals surface area contributed by atoms with Crippen molar-refractivity contribution >= 4 is 39.3 Å². The molecule has 0 spiro atoms. The van der Waals surface area contributed by atoms with Crippen molar-refractivity contribution in [3.05, 3.63) is 33.3 Å². The molecular weight excluding hydrogens is 320 g/mol. The van der Waals surface area contributed by atoms with Gasteiger partial charge in [0.2, 0.25) is 5.91 Å². The summed E-state index contributed by atoms with van der Waals surface area (Å²) >= 11 is 9.16. The largest absolute Gasteiger partial charge is 0.368 e. The zero-order chi connectivity index (χ0) is 13.9. The van der Waals surface area contributed by atoms with E-state index in [0.29, 0.717) is 15.1 Å². The number of carbonyl (C=O) groups is 2. The number of primary amides is 1. The molecule has 4 nitrogen and oxygen atoms in total. The highest BCUT2D eigenvalue weighted by atomic mass is 79.9. The van der Waals surface area contributed by atoms with Crippen LogP contribution < -0.4 is 5.73 Å². The van der Waals surface area contributed by atoms with E-state index in [2.05, 4.69) is 15.9 Å². The predicted molar refractivity (Wildman–Crippen MR) is 74.5 cm³/mol. The minimum absolute atomic E-state index is 0.110. The van der Waals surface area contributed by atoms with E-state index < -0.39 is 5.91 Å². The van der Waals surface area contributed by atoms with Crippen molar-refractivity contribution in [2.24, 2.45) is 5.73 Å². The summed E-state index contributed by atoms with van der Waals surface area (Å²) in [6, 6.07) is 4.78. The molecule has 0 atom stereocenters. The van der Waals surface area contributed by atoms with Gasteiger partial charge in [0.1, 0.15) is 0 Å². The van der Waals surface area contributed by atoms with Crippen LogP contribution in [0.25, 0.3) is 0 Å². The average Bonchev–Trinajstić information content (AvgIpc) is 2.23. The summed E-state index contributed by atoms with van der Waals surface area (Å²) in [4.78, 5) is 24.6. The van der Waals surface area contributed by atoms with E-state index >= 15 is 0 Å². The smallest absolute Gasteiger partial charge is 0.254 e. The van der Waals surface area contributed by atoms with Gasteiger partial charge < -0.3 is 10.6 Å². The molecule has 2 amide bonds. The average molecular weight is 334 g/mol. The van der Waals surface area contributed by atoms with Crippen molar-refractivity contribution in [3.8, 4) is 0 Å². The molecule has 6 heteroatoms. The molecule has 0 aliphatic carbocycles. The van der Waals surface area contributed by atoms with Crippen LogP contribution in [-0.2, 0) is 4.79 Å². The van der Waals surface area contributed by atoms with E-state index in [9.17, 15) is 9.59 Å². The quantitative estimate of drug-likeness (QED) is 0.920. The standard InChI is InChI=1S/C12H14BrClN2O2/c1-7(2)16(6-11(15)17)12(18)8-3-9(13)5-10(14)4-8/h3-5,7H,6H2,1-2H3,(H2,15,17). The highest BCUT2D eigenvalue weighted by Crippen LogP contribution is 2.21. The second-order valence-electron chi connectivity index (χ2n) is 4.15. The molecule has 18 heavy (non-hydrogen) atoms. The fraction of sp³-hybridized carbons (Fsp3) is 0.333. The van der Waals surface area contributed by atoms with Crippen LogP contribution in [0.1, 0.15) is 24.2 Å². The molecule has 98 valence electrons. The molecule has 1 aromatic rings. The van der Waals surface area contributed by atoms with Gasteiger partial charge in [0, 0.05) is 21.1 Å². The molecule has 1 aromatic carbocycles. The monoisotopic (exact) mass is 332 g/mol. The fourth-order valence-electron chi connectivity index (χ4n) is 1.50. The molecule has 0 radical (unpaired) electrons. The summed E-state index contributed by atoms with van der Waals surface area (Å²) in [5.41, 5.74) is 5.56. The predicted octanol–water partition coefficient (Wildman–Crippen LogP) is 2.44. The molecule has 2 N–H and O–H groups in total. The highest BCUT2D eigenvalue weighted by Gasteiger charge is 2.21. The summed E-state index contributed by atoms with van der Waals surface area (Å²) in [5.74, 6) is -0.815. The summed E-state index contributed by atoms with van der Waals surface area (Å²) in [6.07, 6.45) is 0. The Labute approximate surface area is 119 Å². The van der Waals surface area contributed by atoms with Crippen LogP contribution >= 0.6 is 27.5 Å². The highest BCUT2D eigenvalue weighted by molar-refractivity contribution is 9.10. The number of carbonyl (C=O) groups excluding carboxylic acids is 2. The molecular formula is C12H14BrClN2O2. The number of hydrogen-bond acceptors (Lipinski definition) is 2. The maximum absolute atomic E-state index is 12.3. The number of halogens is 2. The van der Waals surface area contributed by atoms with E-state index in [1.165, 1.54) is 4.90 Å². The number of amides is 2. The third-order valence-corrected chi connectivity index (χ3v) is 3.00. The van der Waals surface area contributed by atoms with Gasteiger partial charge in [0.15, 0.2) is 0 Å². The van der Waals surface area contributed by atoms with E-state index in [1.807, 2.05) is 13.8 Å². The topological polar surface area (TPSA) is 63.4 Å². The molecule has 0 aliphatic rings. The van der Waals surface area contributed by atoms with Crippen LogP contribution in [0, 0.1) is 0 Å². The first-order valence-corrected chi connectivity index (χ1v) is 6.53. The van der Waals surface area contributed by atoms with E-state index in [0.717, 1.165) is 0 Å². The Balaban J connectivity index is 3.05. The summed E-state index contributed by atoms with van der Waals surface area (Å²) < 4.78 is 0.709. The van der Waals surface area contributed by atoms with Gasteiger partial charge >= 0.3 is 0 Å². The van der Waals surface area contributed by atoms with Crippen LogP contribution in [0.2, 0.25) is 5.02 Å². The van der Waals surface area contributed by atoms with Gasteiger partial charge in [-0.1, -0.05) is 27.5 Å². The number of rotatable bonds is 4. The number of hydrogen-bond donors (Lipinski definition) is 1. The maximum atomic E-state index is 12.3. The summed E-state index contributed by atoms with van der Waals surface area (Å²) in [7, 11) is 0. The molecule has 0 saturated carbocycles. The van der Waals surface area contributed by atoms with Crippen molar-refractivity contribution < 1.29 is 9.59 Å². The number of benzene rings is 1. The third kappa shape index (κ3) is 3.99. The van der Waals surface area contributed by atoms with Crippen LogP contribution in [-0.4, -0.2) is 29.3 Å². The van der Waals surface area contributed by atoms with Crippen LogP contribution in [0.3, 0.4) is 0 Å². The van der Waals surface area contributed by atoms with Gasteiger partial charge in [-0.25, -0.2) is 0 Å². The minimum Gasteiger partial charge on any atom is -0.368 e. The van der Waals surface area contributed by atoms with Crippen molar-refractivity contribution in [3.63, 3.8) is 0 Å². The second kappa shape index (κ2) is 6.20. The van der Waals surface area contributed by atoms with Crippen LogP contribution in [0.5, 0.6) is 0 Å². The van der Waals surface area contributed by atoms with Crippen LogP contribution in [0.15, 0.2) is 22.7 Å². The second-order valence-corrected chi connectivity index (χ2v) is 5.50. The molecule has 1 rings (SSSR count). The Morgan fingerprint density at radius 2 is 2.00 bits per heavy atom. The van der Waals surface area contributed by atoms with Crippen molar-refractivity contribution in [1.29, 1.82) is 0 Å². The first-order chi connectivity index (χ1) is 8.31. The number of nitrogens with two attached hydrogens (primary N) is 1. The van der Waals surface area contributed by atoms with Gasteiger partial charge in [-0.05, 0) is 32.0 Å². The Kier molecular flexibility index (Phi) is 5.16.